The summed E-state index contributed by atoms with van der Waals surface area (Å²) in [5.74, 6) is 0.718. The fourth-order valence-corrected chi connectivity index (χ4v) is 4.87. The van der Waals surface area contributed by atoms with E-state index in [-0.39, 0.29) is 24.4 Å². The van der Waals surface area contributed by atoms with Gasteiger partial charge in [-0.05, 0) is 79.0 Å². The number of hydrogen-bond donors (Lipinski definition) is 1. The van der Waals surface area contributed by atoms with Gasteiger partial charge in [0.25, 0.3) is 0 Å². The number of fused-ring (bicyclic) bond motifs is 1. The third kappa shape index (κ3) is 5.99. The van der Waals surface area contributed by atoms with Crippen LogP contribution in [-0.4, -0.2) is 35.6 Å². The Balaban J connectivity index is 0.00000306. The van der Waals surface area contributed by atoms with Gasteiger partial charge in [0.1, 0.15) is 11.9 Å². The highest BCUT2D eigenvalue weighted by atomic mass is 35.5. The van der Waals surface area contributed by atoms with Crippen LogP contribution < -0.4 is 4.74 Å². The Morgan fingerprint density at radius 3 is 2.42 bits per heavy atom. The largest absolute Gasteiger partial charge is 0.486 e. The van der Waals surface area contributed by atoms with Gasteiger partial charge in [0.15, 0.2) is 0 Å². The standard InChI is InChI=1S/C28H35NO3.ClH/c1-18(2)13-21-5-7-22(8-6-21)20(4)32-26-11-12-27-19(3)24(10-9-23(27)14-26)15-29-16-25(17-29)28(30)31;/h5-8,11-12,14,18,20,25H,9-10,13,15-17H2,1-4H3,(H,30,31);1H. The van der Waals surface area contributed by atoms with Gasteiger partial charge in [-0.25, -0.2) is 0 Å². The molecule has 0 radical (unpaired) electrons. The number of carboxylic acids is 1. The summed E-state index contributed by atoms with van der Waals surface area (Å²) in [6.45, 7) is 11.0. The number of halogens is 1. The SMILES string of the molecule is CC1=C(CN2CC(C(=O)O)C2)CCc2cc(OC(C)c3ccc(CC(C)C)cc3)ccc21.Cl. The van der Waals surface area contributed by atoms with Crippen molar-refractivity contribution in [3.63, 3.8) is 0 Å². The molecule has 0 saturated carbocycles. The fraction of sp³-hybridized carbons (Fsp3) is 0.464. The van der Waals surface area contributed by atoms with E-state index in [1.54, 1.807) is 0 Å². The Morgan fingerprint density at radius 2 is 1.79 bits per heavy atom. The number of ether oxygens (including phenoxy) is 1. The molecule has 1 unspecified atom stereocenters. The van der Waals surface area contributed by atoms with Crippen LogP contribution in [0, 0.1) is 11.8 Å². The zero-order valence-corrected chi connectivity index (χ0v) is 21.0. The van der Waals surface area contributed by atoms with E-state index < -0.39 is 5.97 Å². The van der Waals surface area contributed by atoms with Crippen LogP contribution in [0.25, 0.3) is 5.57 Å². The first-order valence-electron chi connectivity index (χ1n) is 11.8. The van der Waals surface area contributed by atoms with Crippen molar-refractivity contribution < 1.29 is 14.6 Å². The molecule has 5 heteroatoms. The van der Waals surface area contributed by atoms with Gasteiger partial charge in [-0.15, -0.1) is 12.4 Å². The molecular formula is C28H36ClNO3. The second-order valence-electron chi connectivity index (χ2n) is 9.88. The zero-order chi connectivity index (χ0) is 22.8. The molecule has 1 aliphatic carbocycles. The monoisotopic (exact) mass is 469 g/mol. The van der Waals surface area contributed by atoms with Gasteiger partial charge < -0.3 is 9.84 Å². The summed E-state index contributed by atoms with van der Waals surface area (Å²) in [6.07, 6.45) is 3.15. The Kier molecular flexibility index (Phi) is 8.25. The molecule has 1 fully saturated rings. The summed E-state index contributed by atoms with van der Waals surface area (Å²) in [4.78, 5) is 13.3. The Morgan fingerprint density at radius 1 is 1.09 bits per heavy atom. The lowest BCUT2D eigenvalue weighted by Gasteiger charge is -2.38. The second kappa shape index (κ2) is 10.8. The minimum Gasteiger partial charge on any atom is -0.486 e. The molecule has 0 amide bonds. The lowest BCUT2D eigenvalue weighted by Crippen LogP contribution is -2.50. The predicted molar refractivity (Wildman–Crippen MR) is 136 cm³/mol. The van der Waals surface area contributed by atoms with E-state index in [0.717, 1.165) is 31.6 Å². The molecule has 178 valence electrons. The summed E-state index contributed by atoms with van der Waals surface area (Å²) >= 11 is 0. The molecule has 1 N–H and O–H groups in total. The molecule has 1 aliphatic heterocycles. The van der Waals surface area contributed by atoms with Crippen LogP contribution in [0.2, 0.25) is 0 Å². The molecule has 2 aliphatic rings. The van der Waals surface area contributed by atoms with Crippen LogP contribution in [0.5, 0.6) is 5.75 Å². The maximum Gasteiger partial charge on any atom is 0.309 e. The average molecular weight is 470 g/mol. The molecule has 4 rings (SSSR count). The lowest BCUT2D eigenvalue weighted by molar-refractivity contribution is -0.147. The molecule has 4 nitrogen and oxygen atoms in total. The van der Waals surface area contributed by atoms with Crippen LogP contribution in [-0.2, 0) is 17.6 Å². The van der Waals surface area contributed by atoms with Crippen molar-refractivity contribution in [1.82, 2.24) is 4.90 Å². The number of aliphatic carboxylic acids is 1. The van der Waals surface area contributed by atoms with Crippen molar-refractivity contribution in [3.8, 4) is 5.75 Å². The van der Waals surface area contributed by atoms with E-state index in [4.69, 9.17) is 9.84 Å². The van der Waals surface area contributed by atoms with Gasteiger partial charge in [-0.1, -0.05) is 49.8 Å². The highest BCUT2D eigenvalue weighted by molar-refractivity contribution is 5.85. The number of allylic oxidation sites excluding steroid dienone is 1. The number of carboxylic acid groups (broad SMARTS) is 1. The van der Waals surface area contributed by atoms with Crippen molar-refractivity contribution in [2.24, 2.45) is 11.8 Å². The topological polar surface area (TPSA) is 49.8 Å². The quantitative estimate of drug-likeness (QED) is 0.501. The third-order valence-electron chi connectivity index (χ3n) is 6.83. The lowest BCUT2D eigenvalue weighted by atomic mass is 9.85. The van der Waals surface area contributed by atoms with E-state index in [1.165, 1.54) is 33.4 Å². The van der Waals surface area contributed by atoms with Crippen LogP contribution >= 0.6 is 12.4 Å². The molecule has 0 bridgehead atoms. The third-order valence-corrected chi connectivity index (χ3v) is 6.83. The van der Waals surface area contributed by atoms with E-state index in [9.17, 15) is 4.79 Å². The Hall–Kier alpha value is -2.30. The molecule has 1 heterocycles. The maximum absolute atomic E-state index is 11.0. The smallest absolute Gasteiger partial charge is 0.309 e. The summed E-state index contributed by atoms with van der Waals surface area (Å²) in [6, 6.07) is 15.3. The number of carbonyl (C=O) groups is 1. The molecule has 1 atom stereocenters. The zero-order valence-electron chi connectivity index (χ0n) is 20.1. The van der Waals surface area contributed by atoms with Gasteiger partial charge in [0.05, 0.1) is 5.92 Å². The Bertz CT molecular complexity index is 1010. The van der Waals surface area contributed by atoms with Crippen molar-refractivity contribution in [1.29, 1.82) is 0 Å². The van der Waals surface area contributed by atoms with E-state index in [0.29, 0.717) is 19.0 Å². The number of benzene rings is 2. The van der Waals surface area contributed by atoms with E-state index in [1.807, 2.05) is 0 Å². The van der Waals surface area contributed by atoms with Crippen LogP contribution in [0.1, 0.15) is 62.5 Å². The van der Waals surface area contributed by atoms with Crippen molar-refractivity contribution in [2.75, 3.05) is 19.6 Å². The summed E-state index contributed by atoms with van der Waals surface area (Å²) in [5.41, 5.74) is 7.99. The number of aryl methyl sites for hydroxylation is 1. The molecule has 0 spiro atoms. The first-order valence-corrected chi connectivity index (χ1v) is 11.8. The van der Waals surface area contributed by atoms with Crippen molar-refractivity contribution in [3.05, 3.63) is 70.3 Å². The first kappa shape index (κ1) is 25.3. The van der Waals surface area contributed by atoms with Crippen LogP contribution in [0.15, 0.2) is 48.0 Å². The molecule has 2 aromatic carbocycles. The average Bonchev–Trinajstić information content (AvgIpc) is 2.71. The highest BCUT2D eigenvalue weighted by Crippen LogP contribution is 2.35. The maximum atomic E-state index is 11.0. The first-order chi connectivity index (χ1) is 15.3. The number of rotatable bonds is 8. The molecule has 0 aromatic heterocycles. The van der Waals surface area contributed by atoms with Crippen molar-refractivity contribution in [2.45, 2.75) is 53.1 Å². The van der Waals surface area contributed by atoms with Gasteiger partial charge in [-0.3, -0.25) is 9.69 Å². The summed E-state index contributed by atoms with van der Waals surface area (Å²) in [5, 5.41) is 9.09. The van der Waals surface area contributed by atoms with Crippen LogP contribution in [0.4, 0.5) is 0 Å². The number of likely N-dealkylation sites (tertiary alicyclic amines) is 1. The molecule has 2 aromatic rings. The highest BCUT2D eigenvalue weighted by Gasteiger charge is 2.33. The van der Waals surface area contributed by atoms with Gasteiger partial charge >= 0.3 is 5.97 Å². The predicted octanol–water partition coefficient (Wildman–Crippen LogP) is 6.18. The fourth-order valence-electron chi connectivity index (χ4n) is 4.87. The second-order valence-corrected chi connectivity index (χ2v) is 9.88. The normalized spacial score (nSPS) is 17.2. The van der Waals surface area contributed by atoms with Crippen molar-refractivity contribution >= 4 is 23.9 Å². The minimum absolute atomic E-state index is 0. The summed E-state index contributed by atoms with van der Waals surface area (Å²) in [7, 11) is 0. The number of nitrogens with zero attached hydrogens (tertiary/aromatic N) is 1. The summed E-state index contributed by atoms with van der Waals surface area (Å²) < 4.78 is 6.29. The minimum atomic E-state index is -0.672. The van der Waals surface area contributed by atoms with E-state index >= 15 is 0 Å². The van der Waals surface area contributed by atoms with Gasteiger partial charge in [-0.2, -0.15) is 0 Å². The number of hydrogen-bond acceptors (Lipinski definition) is 3. The van der Waals surface area contributed by atoms with Gasteiger partial charge in [0.2, 0.25) is 0 Å². The molecule has 33 heavy (non-hydrogen) atoms. The van der Waals surface area contributed by atoms with Crippen LogP contribution in [0.3, 0.4) is 0 Å². The van der Waals surface area contributed by atoms with E-state index in [2.05, 4.69) is 75.1 Å². The molecular weight excluding hydrogens is 434 g/mol. The van der Waals surface area contributed by atoms with Gasteiger partial charge in [0, 0.05) is 19.6 Å². The molecule has 1 saturated heterocycles. The Labute approximate surface area is 204 Å².